The van der Waals surface area contributed by atoms with E-state index in [1.807, 2.05) is 24.3 Å². The summed E-state index contributed by atoms with van der Waals surface area (Å²) >= 11 is 0. The van der Waals surface area contributed by atoms with Gasteiger partial charge in [-0.1, -0.05) is 25.0 Å². The van der Waals surface area contributed by atoms with Gasteiger partial charge in [0.1, 0.15) is 5.75 Å². The molecule has 2 aromatic carbocycles. The van der Waals surface area contributed by atoms with Crippen LogP contribution in [0.5, 0.6) is 17.2 Å². The summed E-state index contributed by atoms with van der Waals surface area (Å²) in [5.41, 5.74) is 1.45. The van der Waals surface area contributed by atoms with E-state index in [1.54, 1.807) is 25.3 Å². The first kappa shape index (κ1) is 21.5. The van der Waals surface area contributed by atoms with Crippen LogP contribution < -0.4 is 24.8 Å². The predicted molar refractivity (Wildman–Crippen MR) is 114 cm³/mol. The van der Waals surface area contributed by atoms with Crippen LogP contribution in [0.1, 0.15) is 31.2 Å². The number of rotatable bonds is 7. The Morgan fingerprint density at radius 2 is 1.53 bits per heavy atom. The summed E-state index contributed by atoms with van der Waals surface area (Å²) in [6.07, 6.45) is 4.13. The monoisotopic (exact) mass is 412 g/mol. The fourth-order valence-electron chi connectivity index (χ4n) is 4.00. The molecule has 0 aliphatic heterocycles. The first-order valence-corrected chi connectivity index (χ1v) is 9.97. The van der Waals surface area contributed by atoms with E-state index in [1.165, 1.54) is 14.2 Å². The number of carbonyl (C=O) groups excluding carboxylic acids is 2. The van der Waals surface area contributed by atoms with Gasteiger partial charge in [0.05, 0.1) is 21.3 Å². The Bertz CT molecular complexity index is 889. The Hall–Kier alpha value is -3.22. The van der Waals surface area contributed by atoms with E-state index in [9.17, 15) is 9.59 Å². The number of ether oxygens (including phenoxy) is 3. The van der Waals surface area contributed by atoms with Crippen molar-refractivity contribution in [1.29, 1.82) is 0 Å². The third-order valence-electron chi connectivity index (χ3n) is 5.70. The Morgan fingerprint density at radius 3 is 2.13 bits per heavy atom. The van der Waals surface area contributed by atoms with E-state index in [0.29, 0.717) is 23.7 Å². The van der Waals surface area contributed by atoms with Gasteiger partial charge in [-0.15, -0.1) is 0 Å². The molecular formula is C23H28N2O5. The van der Waals surface area contributed by atoms with Gasteiger partial charge in [0.25, 0.3) is 0 Å². The lowest BCUT2D eigenvalue weighted by molar-refractivity contribution is -0.136. The number of hydrogen-bond acceptors (Lipinski definition) is 5. The second kappa shape index (κ2) is 9.52. The maximum Gasteiger partial charge on any atom is 0.313 e. The summed E-state index contributed by atoms with van der Waals surface area (Å²) in [6, 6.07) is 12.9. The lowest BCUT2D eigenvalue weighted by Crippen LogP contribution is -2.43. The lowest BCUT2D eigenvalue weighted by atomic mass is 9.78. The number of benzene rings is 2. The van der Waals surface area contributed by atoms with Gasteiger partial charge in [-0.3, -0.25) is 9.59 Å². The van der Waals surface area contributed by atoms with Crippen molar-refractivity contribution in [1.82, 2.24) is 5.32 Å². The molecule has 160 valence electrons. The van der Waals surface area contributed by atoms with Gasteiger partial charge in [-0.2, -0.15) is 0 Å². The summed E-state index contributed by atoms with van der Waals surface area (Å²) in [4.78, 5) is 24.8. The van der Waals surface area contributed by atoms with E-state index < -0.39 is 11.8 Å². The molecule has 7 nitrogen and oxygen atoms in total. The number of hydrogen-bond donors (Lipinski definition) is 2. The summed E-state index contributed by atoms with van der Waals surface area (Å²) < 4.78 is 15.7. The number of amides is 2. The molecule has 1 aliphatic rings. The van der Waals surface area contributed by atoms with Crippen LogP contribution in [0.15, 0.2) is 42.5 Å². The Labute approximate surface area is 176 Å². The average molecular weight is 412 g/mol. The van der Waals surface area contributed by atoms with Gasteiger partial charge < -0.3 is 24.8 Å². The molecule has 30 heavy (non-hydrogen) atoms. The smallest absolute Gasteiger partial charge is 0.313 e. The molecule has 0 bridgehead atoms. The number of carbonyl (C=O) groups is 2. The molecule has 0 radical (unpaired) electrons. The fourth-order valence-corrected chi connectivity index (χ4v) is 4.00. The summed E-state index contributed by atoms with van der Waals surface area (Å²) in [6.45, 7) is 0.414. The van der Waals surface area contributed by atoms with Crippen molar-refractivity contribution in [2.45, 2.75) is 31.1 Å². The van der Waals surface area contributed by atoms with Gasteiger partial charge in [-0.25, -0.2) is 0 Å². The second-order valence-electron chi connectivity index (χ2n) is 7.42. The van der Waals surface area contributed by atoms with Crippen molar-refractivity contribution in [3.63, 3.8) is 0 Å². The van der Waals surface area contributed by atoms with Crippen LogP contribution in [0.3, 0.4) is 0 Å². The minimum atomic E-state index is -0.718. The van der Waals surface area contributed by atoms with Crippen molar-refractivity contribution >= 4 is 17.5 Å². The molecule has 2 N–H and O–H groups in total. The molecule has 1 fully saturated rings. The van der Waals surface area contributed by atoms with E-state index in [4.69, 9.17) is 14.2 Å². The van der Waals surface area contributed by atoms with Crippen molar-refractivity contribution in [3.05, 3.63) is 48.0 Å². The van der Waals surface area contributed by atoms with Gasteiger partial charge in [0.2, 0.25) is 0 Å². The van der Waals surface area contributed by atoms with Crippen molar-refractivity contribution in [3.8, 4) is 17.2 Å². The second-order valence-corrected chi connectivity index (χ2v) is 7.42. The van der Waals surface area contributed by atoms with E-state index in [-0.39, 0.29) is 5.41 Å². The molecule has 0 unspecified atom stereocenters. The zero-order valence-electron chi connectivity index (χ0n) is 17.6. The predicted octanol–water partition coefficient (Wildman–Crippen LogP) is 3.28. The maximum absolute atomic E-state index is 12.5. The highest BCUT2D eigenvalue weighted by molar-refractivity contribution is 6.39. The Kier molecular flexibility index (Phi) is 6.82. The van der Waals surface area contributed by atoms with Crippen LogP contribution in [0.4, 0.5) is 5.69 Å². The average Bonchev–Trinajstić information content (AvgIpc) is 3.27. The molecule has 0 spiro atoms. The maximum atomic E-state index is 12.5. The summed E-state index contributed by atoms with van der Waals surface area (Å²) in [5.74, 6) is 0.433. The highest BCUT2D eigenvalue weighted by Gasteiger charge is 2.36. The first-order chi connectivity index (χ1) is 14.5. The Balaban J connectivity index is 1.64. The number of anilines is 1. The molecule has 1 saturated carbocycles. The lowest BCUT2D eigenvalue weighted by Gasteiger charge is -2.30. The third kappa shape index (κ3) is 4.67. The molecule has 2 aromatic rings. The van der Waals surface area contributed by atoms with E-state index in [0.717, 1.165) is 37.0 Å². The fraction of sp³-hybridized carbons (Fsp3) is 0.391. The van der Waals surface area contributed by atoms with Gasteiger partial charge in [0, 0.05) is 23.7 Å². The van der Waals surface area contributed by atoms with Gasteiger partial charge >= 0.3 is 11.8 Å². The van der Waals surface area contributed by atoms with Crippen LogP contribution in [-0.2, 0) is 15.0 Å². The first-order valence-electron chi connectivity index (χ1n) is 9.97. The van der Waals surface area contributed by atoms with Crippen molar-refractivity contribution in [2.24, 2.45) is 0 Å². The van der Waals surface area contributed by atoms with Crippen LogP contribution in [-0.4, -0.2) is 39.7 Å². The molecule has 3 rings (SSSR count). The van der Waals surface area contributed by atoms with Crippen molar-refractivity contribution < 1.29 is 23.8 Å². The standard InChI is InChI=1S/C23H28N2O5/c1-28-18-9-6-16(7-10-18)23(12-4-5-13-23)15-24-21(26)22(27)25-17-8-11-19(29-2)20(14-17)30-3/h6-11,14H,4-5,12-13,15H2,1-3H3,(H,24,26)(H,25,27). The quantitative estimate of drug-likeness (QED) is 0.682. The van der Waals surface area contributed by atoms with Gasteiger partial charge in [-0.05, 0) is 42.7 Å². The summed E-state index contributed by atoms with van der Waals surface area (Å²) in [7, 11) is 4.68. The highest BCUT2D eigenvalue weighted by Crippen LogP contribution is 2.41. The molecule has 7 heteroatoms. The molecule has 0 heterocycles. The Morgan fingerprint density at radius 1 is 0.867 bits per heavy atom. The minimum absolute atomic E-state index is 0.161. The van der Waals surface area contributed by atoms with E-state index in [2.05, 4.69) is 10.6 Å². The number of methoxy groups -OCH3 is 3. The van der Waals surface area contributed by atoms with Crippen LogP contribution in [0.25, 0.3) is 0 Å². The topological polar surface area (TPSA) is 85.9 Å². The van der Waals surface area contributed by atoms with Crippen molar-refractivity contribution in [2.75, 3.05) is 33.2 Å². The molecule has 0 atom stereocenters. The zero-order chi connectivity index (χ0) is 21.6. The normalized spacial score (nSPS) is 14.6. The highest BCUT2D eigenvalue weighted by atomic mass is 16.5. The third-order valence-corrected chi connectivity index (χ3v) is 5.70. The number of nitrogens with one attached hydrogen (secondary N) is 2. The molecule has 1 aliphatic carbocycles. The molecule has 2 amide bonds. The molecular weight excluding hydrogens is 384 g/mol. The SMILES string of the molecule is COc1ccc(C2(CNC(=O)C(=O)Nc3ccc(OC)c(OC)c3)CCCC2)cc1. The van der Waals surface area contributed by atoms with Gasteiger partial charge in [0.15, 0.2) is 11.5 Å². The molecule has 0 saturated heterocycles. The molecule has 0 aromatic heterocycles. The van der Waals surface area contributed by atoms with Crippen LogP contribution >= 0.6 is 0 Å². The summed E-state index contributed by atoms with van der Waals surface area (Å²) in [5, 5.41) is 5.43. The van der Waals surface area contributed by atoms with E-state index >= 15 is 0 Å². The minimum Gasteiger partial charge on any atom is -0.497 e. The van der Waals surface area contributed by atoms with Crippen LogP contribution in [0, 0.1) is 0 Å². The van der Waals surface area contributed by atoms with Crippen LogP contribution in [0.2, 0.25) is 0 Å². The zero-order valence-corrected chi connectivity index (χ0v) is 17.6. The largest absolute Gasteiger partial charge is 0.497 e.